The van der Waals surface area contributed by atoms with Crippen molar-refractivity contribution in [3.05, 3.63) is 77.9 Å². The second kappa shape index (κ2) is 11.4. The zero-order valence-electron chi connectivity index (χ0n) is 23.3. The van der Waals surface area contributed by atoms with Crippen molar-refractivity contribution in [2.75, 3.05) is 12.0 Å². The monoisotopic (exact) mass is 567 g/mol. The number of aromatic nitrogens is 1. The highest BCUT2D eigenvalue weighted by atomic mass is 32.1. The summed E-state index contributed by atoms with van der Waals surface area (Å²) in [6.45, 7) is 2.06. The first-order valence-corrected chi connectivity index (χ1v) is 15.1. The molecular formula is C33H33N3O4S. The second-order valence-electron chi connectivity index (χ2n) is 10.9. The second-order valence-corrected chi connectivity index (χ2v) is 11.9. The van der Waals surface area contributed by atoms with Crippen molar-refractivity contribution in [3.63, 3.8) is 0 Å². The maximum absolute atomic E-state index is 13.9. The van der Waals surface area contributed by atoms with Crippen LogP contribution in [0, 0.1) is 6.92 Å². The lowest BCUT2D eigenvalue weighted by Crippen LogP contribution is -2.50. The Kier molecular flexibility index (Phi) is 7.58. The third-order valence-electron chi connectivity index (χ3n) is 8.16. The zero-order chi connectivity index (χ0) is 28.5. The number of fused-ring (bicyclic) bond motifs is 1. The number of amides is 3. The van der Waals surface area contributed by atoms with Gasteiger partial charge in [-0.2, -0.15) is 0 Å². The van der Waals surface area contributed by atoms with Crippen LogP contribution in [0.25, 0.3) is 20.8 Å². The molecule has 3 aromatic carbocycles. The van der Waals surface area contributed by atoms with E-state index in [9.17, 15) is 14.4 Å². The highest BCUT2D eigenvalue weighted by Crippen LogP contribution is 2.35. The summed E-state index contributed by atoms with van der Waals surface area (Å²) >= 11 is 1.62. The predicted molar refractivity (Wildman–Crippen MR) is 161 cm³/mol. The van der Waals surface area contributed by atoms with Crippen molar-refractivity contribution < 1.29 is 19.1 Å². The van der Waals surface area contributed by atoms with Crippen molar-refractivity contribution >= 4 is 45.0 Å². The fourth-order valence-corrected chi connectivity index (χ4v) is 7.06. The molecule has 0 N–H and O–H groups in total. The third-order valence-corrected chi connectivity index (χ3v) is 9.23. The zero-order valence-corrected chi connectivity index (χ0v) is 24.2. The average Bonchev–Trinajstić information content (AvgIpc) is 3.40. The lowest BCUT2D eigenvalue weighted by atomic mass is 10.0. The number of rotatable bonds is 6. The van der Waals surface area contributed by atoms with E-state index in [1.807, 2.05) is 24.3 Å². The van der Waals surface area contributed by atoms with E-state index >= 15 is 0 Å². The Morgan fingerprint density at radius 2 is 1.66 bits per heavy atom. The molecule has 1 atom stereocenters. The number of nitrogens with zero attached hydrogens (tertiary/aromatic N) is 3. The number of aryl methyl sites for hydroxylation is 1. The van der Waals surface area contributed by atoms with Crippen LogP contribution in [0.4, 0.5) is 5.69 Å². The van der Waals surface area contributed by atoms with Crippen LogP contribution in [0.2, 0.25) is 0 Å². The summed E-state index contributed by atoms with van der Waals surface area (Å²) in [5.74, 6) is -0.187. The van der Waals surface area contributed by atoms with Crippen LogP contribution in [0.3, 0.4) is 0 Å². The molecule has 0 bridgehead atoms. The van der Waals surface area contributed by atoms with Gasteiger partial charge < -0.3 is 9.64 Å². The molecule has 0 radical (unpaired) electrons. The molecule has 1 aromatic heterocycles. The van der Waals surface area contributed by atoms with Crippen LogP contribution in [0.15, 0.2) is 66.7 Å². The molecule has 1 saturated carbocycles. The van der Waals surface area contributed by atoms with Crippen LogP contribution in [-0.4, -0.2) is 46.8 Å². The van der Waals surface area contributed by atoms with Gasteiger partial charge in [0.05, 0.1) is 29.4 Å². The van der Waals surface area contributed by atoms with Gasteiger partial charge in [0.1, 0.15) is 16.8 Å². The minimum Gasteiger partial charge on any atom is -0.497 e. The Labute approximate surface area is 243 Å². The molecule has 41 heavy (non-hydrogen) atoms. The molecule has 3 amide bonds. The van der Waals surface area contributed by atoms with Gasteiger partial charge in [-0.3, -0.25) is 14.4 Å². The minimum absolute atomic E-state index is 0.0177. The van der Waals surface area contributed by atoms with Crippen LogP contribution in [0.1, 0.15) is 60.9 Å². The number of methoxy groups -OCH3 is 1. The van der Waals surface area contributed by atoms with Crippen molar-refractivity contribution in [1.29, 1.82) is 0 Å². The van der Waals surface area contributed by atoms with Gasteiger partial charge in [-0.15, -0.1) is 11.3 Å². The molecular weight excluding hydrogens is 534 g/mol. The summed E-state index contributed by atoms with van der Waals surface area (Å²) < 4.78 is 6.38. The SMILES string of the molecule is COc1ccc(C(=O)N(C2CCCCCC2)C2CC(=O)N(c3ccc(-c4nc5ccc(C)cc5s4)cc3)C2=O)cc1. The lowest BCUT2D eigenvalue weighted by molar-refractivity contribution is -0.123. The van der Waals surface area contributed by atoms with Crippen molar-refractivity contribution in [2.45, 2.75) is 64.0 Å². The highest BCUT2D eigenvalue weighted by molar-refractivity contribution is 7.21. The van der Waals surface area contributed by atoms with E-state index in [0.29, 0.717) is 17.0 Å². The van der Waals surface area contributed by atoms with Crippen molar-refractivity contribution in [3.8, 4) is 16.3 Å². The smallest absolute Gasteiger partial charge is 0.257 e. The molecule has 6 rings (SSSR count). The molecule has 2 aliphatic rings. The van der Waals surface area contributed by atoms with Gasteiger partial charge in [-0.25, -0.2) is 9.88 Å². The molecule has 2 heterocycles. The summed E-state index contributed by atoms with van der Waals surface area (Å²) in [6.07, 6.45) is 5.88. The Hall–Kier alpha value is -4.04. The Balaban J connectivity index is 1.28. The predicted octanol–water partition coefficient (Wildman–Crippen LogP) is 6.78. The van der Waals surface area contributed by atoms with Gasteiger partial charge in [0.25, 0.3) is 11.8 Å². The van der Waals surface area contributed by atoms with E-state index in [2.05, 4.69) is 13.0 Å². The number of hydrogen-bond acceptors (Lipinski definition) is 6. The molecule has 1 unspecified atom stereocenters. The van der Waals surface area contributed by atoms with Gasteiger partial charge >= 0.3 is 0 Å². The van der Waals surface area contributed by atoms with E-state index in [4.69, 9.17) is 9.72 Å². The van der Waals surface area contributed by atoms with Gasteiger partial charge in [-0.1, -0.05) is 31.7 Å². The molecule has 1 saturated heterocycles. The lowest BCUT2D eigenvalue weighted by Gasteiger charge is -2.35. The van der Waals surface area contributed by atoms with Crippen molar-refractivity contribution in [1.82, 2.24) is 9.88 Å². The third kappa shape index (κ3) is 5.36. The minimum atomic E-state index is -0.827. The summed E-state index contributed by atoms with van der Waals surface area (Å²) in [6, 6.07) is 19.6. The summed E-state index contributed by atoms with van der Waals surface area (Å²) in [5.41, 5.74) is 4.07. The quantitative estimate of drug-likeness (QED) is 0.190. The van der Waals surface area contributed by atoms with Crippen LogP contribution in [0.5, 0.6) is 5.75 Å². The number of carbonyl (C=O) groups is 3. The molecule has 1 aliphatic carbocycles. The van der Waals surface area contributed by atoms with Gasteiger partial charge in [0, 0.05) is 17.2 Å². The van der Waals surface area contributed by atoms with Gasteiger partial charge in [0.15, 0.2) is 0 Å². The normalized spacial score (nSPS) is 18.1. The maximum Gasteiger partial charge on any atom is 0.257 e. The van der Waals surface area contributed by atoms with E-state index in [1.54, 1.807) is 59.7 Å². The standard InChI is InChI=1S/C33H33N3O4S/c1-21-9-18-27-29(19-21)41-31(34-27)22-10-14-25(15-11-22)36-30(37)20-28(33(36)39)35(24-7-5-3-4-6-8-24)32(38)23-12-16-26(40-2)17-13-23/h9-19,24,28H,3-8,20H2,1-2H3. The fourth-order valence-electron chi connectivity index (χ4n) is 5.99. The average molecular weight is 568 g/mol. The largest absolute Gasteiger partial charge is 0.497 e. The maximum atomic E-state index is 13.9. The Bertz CT molecular complexity index is 1590. The molecule has 4 aromatic rings. The number of thiazole rings is 1. The van der Waals surface area contributed by atoms with E-state index in [-0.39, 0.29) is 30.2 Å². The van der Waals surface area contributed by atoms with Crippen molar-refractivity contribution in [2.24, 2.45) is 0 Å². The van der Waals surface area contributed by atoms with Crippen LogP contribution >= 0.6 is 11.3 Å². The number of hydrogen-bond donors (Lipinski definition) is 0. The topological polar surface area (TPSA) is 79.8 Å². The van der Waals surface area contributed by atoms with E-state index in [0.717, 1.165) is 59.3 Å². The van der Waals surface area contributed by atoms with E-state index < -0.39 is 6.04 Å². The first kappa shape index (κ1) is 27.1. The first-order valence-electron chi connectivity index (χ1n) is 14.2. The molecule has 8 heteroatoms. The molecule has 2 fully saturated rings. The van der Waals surface area contributed by atoms with Gasteiger partial charge in [0.2, 0.25) is 5.91 Å². The fraction of sp³-hybridized carbons (Fsp3) is 0.333. The molecule has 7 nitrogen and oxygen atoms in total. The number of imide groups is 1. The van der Waals surface area contributed by atoms with Crippen LogP contribution in [-0.2, 0) is 9.59 Å². The van der Waals surface area contributed by atoms with Crippen LogP contribution < -0.4 is 9.64 Å². The molecule has 1 aliphatic heterocycles. The summed E-state index contributed by atoms with van der Waals surface area (Å²) in [5, 5.41) is 0.888. The van der Waals surface area contributed by atoms with E-state index in [1.165, 1.54) is 10.5 Å². The Morgan fingerprint density at radius 3 is 2.34 bits per heavy atom. The molecule has 0 spiro atoms. The number of carbonyl (C=O) groups excluding carboxylic acids is 3. The first-order chi connectivity index (χ1) is 19.9. The number of benzene rings is 3. The Morgan fingerprint density at radius 1 is 0.951 bits per heavy atom. The number of ether oxygens (including phenoxy) is 1. The highest BCUT2D eigenvalue weighted by Gasteiger charge is 2.46. The molecule has 210 valence electrons. The van der Waals surface area contributed by atoms with Gasteiger partial charge in [-0.05, 0) is 86.0 Å². The summed E-state index contributed by atoms with van der Waals surface area (Å²) in [4.78, 5) is 48.9. The summed E-state index contributed by atoms with van der Waals surface area (Å²) in [7, 11) is 1.58. The number of anilines is 1.